The Hall–Kier alpha value is -1.51. The fraction of sp³-hybridized carbons (Fsp3) is 0.581. The van der Waals surface area contributed by atoms with E-state index in [-0.39, 0.29) is 17.2 Å². The molecular formula is C31H47Cl2NO. The van der Waals surface area contributed by atoms with Crippen LogP contribution in [0.4, 0.5) is 0 Å². The van der Waals surface area contributed by atoms with Crippen molar-refractivity contribution in [3.63, 3.8) is 0 Å². The predicted octanol–water partition coefficient (Wildman–Crippen LogP) is 9.93. The molecule has 1 heterocycles. The highest BCUT2D eigenvalue weighted by atomic mass is 35.5. The van der Waals surface area contributed by atoms with Gasteiger partial charge in [0.25, 0.3) is 5.91 Å². The van der Waals surface area contributed by atoms with Gasteiger partial charge in [0.15, 0.2) is 0 Å². The first-order valence-electron chi connectivity index (χ1n) is 13.1. The highest BCUT2D eigenvalue weighted by Crippen LogP contribution is 2.54. The third-order valence-electron chi connectivity index (χ3n) is 7.62. The molecule has 1 aliphatic carbocycles. The summed E-state index contributed by atoms with van der Waals surface area (Å²) in [5.41, 5.74) is 4.38. The van der Waals surface area contributed by atoms with Gasteiger partial charge in [-0.1, -0.05) is 109 Å². The number of carbonyl (C=O) groups excluding carboxylic acids is 1. The lowest BCUT2D eigenvalue weighted by Crippen LogP contribution is -2.45. The van der Waals surface area contributed by atoms with Crippen molar-refractivity contribution in [2.24, 2.45) is 11.8 Å². The van der Waals surface area contributed by atoms with E-state index in [1.807, 2.05) is 51.7 Å². The number of benzene rings is 1. The first-order valence-corrected chi connectivity index (χ1v) is 13.9. The summed E-state index contributed by atoms with van der Waals surface area (Å²) in [5.74, 6) is 1.07. The van der Waals surface area contributed by atoms with Gasteiger partial charge in [0.1, 0.15) is 0 Å². The van der Waals surface area contributed by atoms with Crippen LogP contribution >= 0.6 is 23.2 Å². The smallest absolute Gasteiger partial charge is 0.254 e. The highest BCUT2D eigenvalue weighted by Gasteiger charge is 2.49. The zero-order valence-electron chi connectivity index (χ0n) is 23.5. The van der Waals surface area contributed by atoms with Gasteiger partial charge in [0, 0.05) is 18.7 Å². The van der Waals surface area contributed by atoms with Gasteiger partial charge in [-0.05, 0) is 72.6 Å². The summed E-state index contributed by atoms with van der Waals surface area (Å²) < 4.78 is 0. The molecule has 35 heavy (non-hydrogen) atoms. The van der Waals surface area contributed by atoms with E-state index in [4.69, 9.17) is 23.2 Å². The molecule has 4 heteroatoms. The number of nitrogens with zero attached hydrogens (tertiary/aromatic N) is 1. The Labute approximate surface area is 225 Å². The molecule has 1 aromatic carbocycles. The molecule has 3 unspecified atom stereocenters. The lowest BCUT2D eigenvalue weighted by atomic mass is 9.59. The number of rotatable bonds is 4. The lowest BCUT2D eigenvalue weighted by Gasteiger charge is -2.46. The van der Waals surface area contributed by atoms with Gasteiger partial charge in [-0.25, -0.2) is 0 Å². The number of hydrogen-bond donors (Lipinski definition) is 0. The Balaban J connectivity index is 0.000000926. The van der Waals surface area contributed by atoms with Crippen molar-refractivity contribution in [3.8, 4) is 0 Å². The molecule has 0 radical (unpaired) electrons. The average molecular weight is 521 g/mol. The Morgan fingerprint density at radius 3 is 2.26 bits per heavy atom. The molecule has 0 spiro atoms. The van der Waals surface area contributed by atoms with Gasteiger partial charge in [0.2, 0.25) is 0 Å². The standard InChI is InChI=1S/C25H33Cl2NO.C4H8.C2H6/c1-8-15(4)12-28-13-18-16(5)10-9-11-25(18,7)21-20(24(28)29)17(6)19(14(2)3)22(26)23(21)27;1-3-4-2;1-2/h8,14,16,18H,1,4,9-13H2,2-3,5-7H3;3-4H,1-2H3;1-2H3/b;4-3-;. The topological polar surface area (TPSA) is 20.3 Å². The van der Waals surface area contributed by atoms with Crippen LogP contribution in [0, 0.1) is 18.8 Å². The van der Waals surface area contributed by atoms with Crippen LogP contribution in [-0.2, 0) is 5.41 Å². The maximum Gasteiger partial charge on any atom is 0.254 e. The second-order valence-corrected chi connectivity index (χ2v) is 10.9. The summed E-state index contributed by atoms with van der Waals surface area (Å²) in [6.07, 6.45) is 9.08. The molecule has 2 aliphatic rings. The Bertz CT molecular complexity index is 942. The molecule has 0 N–H and O–H groups in total. The summed E-state index contributed by atoms with van der Waals surface area (Å²) in [5, 5.41) is 1.20. The fourth-order valence-electron chi connectivity index (χ4n) is 5.74. The number of amides is 1. The lowest BCUT2D eigenvalue weighted by molar-refractivity contribution is 0.0655. The molecule has 1 saturated carbocycles. The van der Waals surface area contributed by atoms with E-state index in [1.165, 1.54) is 6.42 Å². The summed E-state index contributed by atoms with van der Waals surface area (Å²) in [7, 11) is 0. The summed E-state index contributed by atoms with van der Waals surface area (Å²) in [4.78, 5) is 15.8. The zero-order chi connectivity index (χ0) is 27.1. The van der Waals surface area contributed by atoms with Gasteiger partial charge in [-0.15, -0.1) is 0 Å². The maximum atomic E-state index is 13.9. The van der Waals surface area contributed by atoms with Crippen LogP contribution in [0.3, 0.4) is 0 Å². The third kappa shape index (κ3) is 6.44. The van der Waals surface area contributed by atoms with Crippen LogP contribution in [0.15, 0.2) is 37.0 Å². The highest BCUT2D eigenvalue weighted by molar-refractivity contribution is 6.43. The van der Waals surface area contributed by atoms with Gasteiger partial charge in [0.05, 0.1) is 10.0 Å². The van der Waals surface area contributed by atoms with Crippen LogP contribution in [0.1, 0.15) is 108 Å². The molecule has 2 nitrogen and oxygen atoms in total. The van der Waals surface area contributed by atoms with E-state index < -0.39 is 0 Å². The number of fused-ring (bicyclic) bond motifs is 3. The molecule has 1 amide bonds. The van der Waals surface area contributed by atoms with E-state index in [0.717, 1.165) is 40.7 Å². The molecule has 1 fully saturated rings. The first-order chi connectivity index (χ1) is 16.5. The van der Waals surface area contributed by atoms with Crippen molar-refractivity contribution in [1.29, 1.82) is 0 Å². The number of hydrogen-bond acceptors (Lipinski definition) is 1. The minimum atomic E-state index is -0.173. The van der Waals surface area contributed by atoms with Crippen molar-refractivity contribution in [3.05, 3.63) is 69.3 Å². The van der Waals surface area contributed by atoms with E-state index in [2.05, 4.69) is 40.9 Å². The minimum absolute atomic E-state index is 0.0452. The van der Waals surface area contributed by atoms with Crippen LogP contribution in [0.5, 0.6) is 0 Å². The van der Waals surface area contributed by atoms with Gasteiger partial charge < -0.3 is 4.90 Å². The van der Waals surface area contributed by atoms with E-state index in [1.54, 1.807) is 6.08 Å². The van der Waals surface area contributed by atoms with E-state index in [0.29, 0.717) is 35.0 Å². The second-order valence-electron chi connectivity index (χ2n) is 10.2. The van der Waals surface area contributed by atoms with Crippen molar-refractivity contribution in [1.82, 2.24) is 4.90 Å². The second kappa shape index (κ2) is 13.7. The largest absolute Gasteiger partial charge is 0.334 e. The van der Waals surface area contributed by atoms with E-state index >= 15 is 0 Å². The van der Waals surface area contributed by atoms with Crippen LogP contribution < -0.4 is 0 Å². The Morgan fingerprint density at radius 2 is 1.77 bits per heavy atom. The van der Waals surface area contributed by atoms with E-state index in [9.17, 15) is 4.79 Å². The SMILES string of the molecule is C/C=C\C.C=CC(=C)CN1CC2C(C)CCCC2(C)c2c(Cl)c(Cl)c(C(C)C)c(C)c2C1=O.CC. The molecule has 196 valence electrons. The summed E-state index contributed by atoms with van der Waals surface area (Å²) in [6, 6.07) is 0. The summed E-state index contributed by atoms with van der Waals surface area (Å²) in [6.45, 7) is 27.9. The predicted molar refractivity (Wildman–Crippen MR) is 156 cm³/mol. The van der Waals surface area contributed by atoms with Crippen LogP contribution in [0.2, 0.25) is 10.0 Å². The van der Waals surface area contributed by atoms with Crippen molar-refractivity contribution in [2.75, 3.05) is 13.1 Å². The van der Waals surface area contributed by atoms with Crippen molar-refractivity contribution >= 4 is 29.1 Å². The van der Waals surface area contributed by atoms with Gasteiger partial charge in [-0.2, -0.15) is 0 Å². The maximum absolute atomic E-state index is 13.9. The molecule has 0 bridgehead atoms. The number of carbonyl (C=O) groups is 1. The fourth-order valence-corrected chi connectivity index (χ4v) is 6.60. The molecular weight excluding hydrogens is 473 g/mol. The zero-order valence-corrected chi connectivity index (χ0v) is 25.0. The third-order valence-corrected chi connectivity index (χ3v) is 8.49. The summed E-state index contributed by atoms with van der Waals surface area (Å²) >= 11 is 13.8. The van der Waals surface area contributed by atoms with Gasteiger partial charge in [-0.3, -0.25) is 4.79 Å². The number of halogens is 2. The molecule has 3 rings (SSSR count). The molecule has 0 saturated heterocycles. The molecule has 3 atom stereocenters. The first kappa shape index (κ1) is 31.5. The minimum Gasteiger partial charge on any atom is -0.334 e. The normalized spacial score (nSPS) is 23.4. The van der Waals surface area contributed by atoms with Crippen molar-refractivity contribution < 1.29 is 4.79 Å². The monoisotopic (exact) mass is 519 g/mol. The Kier molecular flexibility index (Phi) is 12.3. The van der Waals surface area contributed by atoms with Gasteiger partial charge >= 0.3 is 0 Å². The Morgan fingerprint density at radius 1 is 1.20 bits per heavy atom. The molecule has 1 aliphatic heterocycles. The molecule has 1 aromatic rings. The average Bonchev–Trinajstić information content (AvgIpc) is 2.92. The van der Waals surface area contributed by atoms with Crippen LogP contribution in [0.25, 0.3) is 0 Å². The van der Waals surface area contributed by atoms with Crippen LogP contribution in [-0.4, -0.2) is 23.9 Å². The number of allylic oxidation sites excluding steroid dienone is 2. The quantitative estimate of drug-likeness (QED) is 0.286. The van der Waals surface area contributed by atoms with Crippen molar-refractivity contribution in [2.45, 2.75) is 92.9 Å². The molecule has 0 aromatic heterocycles.